The van der Waals surface area contributed by atoms with Crippen molar-refractivity contribution >= 4 is 11.9 Å². The highest BCUT2D eigenvalue weighted by Gasteiger charge is 2.38. The van der Waals surface area contributed by atoms with E-state index in [1.54, 1.807) is 29.4 Å². The summed E-state index contributed by atoms with van der Waals surface area (Å²) in [7, 11) is 1.83. The Hall–Kier alpha value is -4.48. The summed E-state index contributed by atoms with van der Waals surface area (Å²) in [6.07, 6.45) is 3.73. The molecule has 0 aliphatic carbocycles. The standard InChI is InChI=1S/C21H19N5O2.C2HF3O2/c1-14-5-6-18(28-14)12-25-21(27)19-8-16(13-26(19)2)17-10-23-20(24-11-17)15-4-3-7-22-9-15;3-2(4,5)1(6)7/h3-11,13H,12H2,1-2H3,(H,25,27);(H,6,7). The molecule has 4 aromatic rings. The quantitative estimate of drug-likeness (QED) is 0.436. The Morgan fingerprint density at radius 1 is 1.09 bits per heavy atom. The van der Waals surface area contributed by atoms with Crippen LogP contribution in [-0.4, -0.2) is 42.7 Å². The molecule has 12 heteroatoms. The van der Waals surface area contributed by atoms with E-state index in [-0.39, 0.29) is 5.91 Å². The van der Waals surface area contributed by atoms with Gasteiger partial charge in [0.2, 0.25) is 0 Å². The number of hydrogen-bond donors (Lipinski definition) is 2. The van der Waals surface area contributed by atoms with Crippen molar-refractivity contribution in [3.63, 3.8) is 0 Å². The van der Waals surface area contributed by atoms with E-state index in [2.05, 4.69) is 20.3 Å². The number of halogens is 3. The van der Waals surface area contributed by atoms with Crippen LogP contribution < -0.4 is 5.32 Å². The van der Waals surface area contributed by atoms with Crippen LogP contribution in [0.4, 0.5) is 13.2 Å². The number of aliphatic carboxylic acids is 1. The van der Waals surface area contributed by atoms with E-state index >= 15 is 0 Å². The number of amides is 1. The van der Waals surface area contributed by atoms with Crippen molar-refractivity contribution < 1.29 is 32.3 Å². The SMILES string of the molecule is Cc1ccc(CNC(=O)c2cc(-c3cnc(-c4cccnc4)nc3)cn2C)o1.O=C(O)C(F)(F)F. The van der Waals surface area contributed by atoms with E-state index < -0.39 is 12.1 Å². The molecule has 4 aromatic heterocycles. The number of furan rings is 1. The summed E-state index contributed by atoms with van der Waals surface area (Å²) in [5, 5.41) is 10.00. The van der Waals surface area contributed by atoms with Crippen LogP contribution in [0, 0.1) is 6.92 Å². The molecule has 9 nitrogen and oxygen atoms in total. The maximum Gasteiger partial charge on any atom is 0.490 e. The van der Waals surface area contributed by atoms with E-state index in [1.807, 2.05) is 50.5 Å². The van der Waals surface area contributed by atoms with Crippen molar-refractivity contribution in [2.75, 3.05) is 0 Å². The predicted octanol–water partition coefficient (Wildman–Crippen LogP) is 4.01. The van der Waals surface area contributed by atoms with Gasteiger partial charge < -0.3 is 19.4 Å². The molecular formula is C23H20F3N5O4. The molecule has 0 saturated carbocycles. The van der Waals surface area contributed by atoms with E-state index in [0.29, 0.717) is 18.1 Å². The lowest BCUT2D eigenvalue weighted by atomic mass is 10.1. The van der Waals surface area contributed by atoms with Gasteiger partial charge >= 0.3 is 12.1 Å². The van der Waals surface area contributed by atoms with Crippen LogP contribution in [0.15, 0.2) is 65.7 Å². The third-order valence-corrected chi connectivity index (χ3v) is 4.60. The molecular weight excluding hydrogens is 467 g/mol. The highest BCUT2D eigenvalue weighted by molar-refractivity contribution is 5.94. The zero-order valence-corrected chi connectivity index (χ0v) is 18.6. The number of carboxylic acids is 1. The van der Waals surface area contributed by atoms with E-state index in [4.69, 9.17) is 14.3 Å². The van der Waals surface area contributed by atoms with E-state index in [9.17, 15) is 18.0 Å². The number of alkyl halides is 3. The van der Waals surface area contributed by atoms with Crippen molar-refractivity contribution in [1.29, 1.82) is 0 Å². The molecule has 4 heterocycles. The third-order valence-electron chi connectivity index (χ3n) is 4.60. The number of carboxylic acid groups (broad SMARTS) is 1. The number of hydrogen-bond acceptors (Lipinski definition) is 6. The molecule has 0 aromatic carbocycles. The van der Waals surface area contributed by atoms with E-state index in [0.717, 1.165) is 28.2 Å². The van der Waals surface area contributed by atoms with Crippen LogP contribution >= 0.6 is 0 Å². The van der Waals surface area contributed by atoms with Gasteiger partial charge in [-0.3, -0.25) is 9.78 Å². The fraction of sp³-hybridized carbons (Fsp3) is 0.174. The zero-order chi connectivity index (χ0) is 25.6. The average molecular weight is 487 g/mol. The molecule has 4 rings (SSSR count). The smallest absolute Gasteiger partial charge is 0.475 e. The molecule has 2 N–H and O–H groups in total. The average Bonchev–Trinajstić information content (AvgIpc) is 3.43. The van der Waals surface area contributed by atoms with Crippen LogP contribution in [0.5, 0.6) is 0 Å². The van der Waals surface area contributed by atoms with Crippen molar-refractivity contribution in [1.82, 2.24) is 24.8 Å². The maximum absolute atomic E-state index is 12.5. The normalized spacial score (nSPS) is 10.9. The molecule has 0 spiro atoms. The lowest BCUT2D eigenvalue weighted by Gasteiger charge is -2.04. The van der Waals surface area contributed by atoms with Gasteiger partial charge in [0.1, 0.15) is 17.2 Å². The van der Waals surface area contributed by atoms with Gasteiger partial charge in [0.25, 0.3) is 5.91 Å². The molecule has 0 bridgehead atoms. The minimum atomic E-state index is -5.08. The Labute approximate surface area is 197 Å². The Balaban J connectivity index is 0.000000429. The summed E-state index contributed by atoms with van der Waals surface area (Å²) in [6.45, 7) is 2.21. The number of carbonyl (C=O) groups is 2. The molecule has 0 aliphatic heterocycles. The second-order valence-corrected chi connectivity index (χ2v) is 7.26. The van der Waals surface area contributed by atoms with Crippen molar-refractivity contribution in [3.8, 4) is 22.5 Å². The van der Waals surface area contributed by atoms with Crippen LogP contribution in [0.25, 0.3) is 22.5 Å². The highest BCUT2D eigenvalue weighted by atomic mass is 19.4. The summed E-state index contributed by atoms with van der Waals surface area (Å²) in [6, 6.07) is 9.31. The number of nitrogens with one attached hydrogen (secondary N) is 1. The molecule has 0 aliphatic rings. The van der Waals surface area contributed by atoms with Gasteiger partial charge in [-0.15, -0.1) is 0 Å². The Morgan fingerprint density at radius 2 is 1.77 bits per heavy atom. The van der Waals surface area contributed by atoms with Gasteiger partial charge in [0.05, 0.1) is 6.54 Å². The zero-order valence-electron chi connectivity index (χ0n) is 18.6. The third kappa shape index (κ3) is 6.76. The molecule has 0 saturated heterocycles. The van der Waals surface area contributed by atoms with Crippen LogP contribution in [0.1, 0.15) is 22.0 Å². The minimum Gasteiger partial charge on any atom is -0.475 e. The number of aromatic nitrogens is 4. The Morgan fingerprint density at radius 3 is 2.31 bits per heavy atom. The molecule has 0 atom stereocenters. The summed E-state index contributed by atoms with van der Waals surface area (Å²) < 4.78 is 39.0. The lowest BCUT2D eigenvalue weighted by molar-refractivity contribution is -0.192. The first kappa shape index (κ1) is 25.1. The minimum absolute atomic E-state index is 0.171. The topological polar surface area (TPSA) is 123 Å². The largest absolute Gasteiger partial charge is 0.490 e. The number of aryl methyl sites for hydroxylation is 2. The fourth-order valence-corrected chi connectivity index (χ4v) is 2.91. The fourth-order valence-electron chi connectivity index (χ4n) is 2.91. The molecule has 1 amide bonds. The second kappa shape index (κ2) is 10.6. The van der Waals surface area contributed by atoms with E-state index in [1.165, 1.54) is 0 Å². The Bertz CT molecular complexity index is 1300. The lowest BCUT2D eigenvalue weighted by Crippen LogP contribution is -2.24. The van der Waals surface area contributed by atoms with Gasteiger partial charge in [-0.05, 0) is 37.3 Å². The molecule has 0 radical (unpaired) electrons. The van der Waals surface area contributed by atoms with Crippen molar-refractivity contribution in [3.05, 3.63) is 78.5 Å². The summed E-state index contributed by atoms with van der Waals surface area (Å²) in [5.74, 6) is -0.775. The predicted molar refractivity (Wildman–Crippen MR) is 118 cm³/mol. The second-order valence-electron chi connectivity index (χ2n) is 7.26. The number of pyridine rings is 1. The first-order chi connectivity index (χ1) is 16.5. The highest BCUT2D eigenvalue weighted by Crippen LogP contribution is 2.22. The van der Waals surface area contributed by atoms with Crippen LogP contribution in [-0.2, 0) is 18.4 Å². The van der Waals surface area contributed by atoms with Gasteiger partial charge in [0, 0.05) is 54.7 Å². The first-order valence-electron chi connectivity index (χ1n) is 10.1. The first-order valence-corrected chi connectivity index (χ1v) is 10.1. The maximum atomic E-state index is 12.5. The van der Waals surface area contributed by atoms with Crippen molar-refractivity contribution in [2.45, 2.75) is 19.6 Å². The summed E-state index contributed by atoms with van der Waals surface area (Å²) >= 11 is 0. The van der Waals surface area contributed by atoms with Gasteiger partial charge in [0.15, 0.2) is 5.82 Å². The van der Waals surface area contributed by atoms with Gasteiger partial charge in [-0.1, -0.05) is 0 Å². The van der Waals surface area contributed by atoms with Crippen LogP contribution in [0.2, 0.25) is 0 Å². The Kier molecular flexibility index (Phi) is 7.64. The molecule has 182 valence electrons. The number of carbonyl (C=O) groups excluding carboxylic acids is 1. The van der Waals surface area contributed by atoms with Crippen molar-refractivity contribution in [2.24, 2.45) is 7.05 Å². The monoisotopic (exact) mass is 487 g/mol. The summed E-state index contributed by atoms with van der Waals surface area (Å²) in [5.41, 5.74) is 3.12. The summed E-state index contributed by atoms with van der Waals surface area (Å²) in [4.78, 5) is 34.3. The molecule has 35 heavy (non-hydrogen) atoms. The van der Waals surface area contributed by atoms with Gasteiger partial charge in [-0.25, -0.2) is 14.8 Å². The molecule has 0 unspecified atom stereocenters. The van der Waals surface area contributed by atoms with Gasteiger partial charge in [-0.2, -0.15) is 13.2 Å². The number of rotatable bonds is 5. The van der Waals surface area contributed by atoms with Crippen LogP contribution in [0.3, 0.4) is 0 Å². The number of nitrogens with zero attached hydrogens (tertiary/aromatic N) is 4. The molecule has 0 fully saturated rings.